The number of unbranched alkanes of at least 4 members (excludes halogenated alkanes) is 2. The van der Waals surface area contributed by atoms with E-state index in [1.54, 1.807) is 12.0 Å². The van der Waals surface area contributed by atoms with Gasteiger partial charge < -0.3 is 24.4 Å². The summed E-state index contributed by atoms with van der Waals surface area (Å²) in [5.74, 6) is -0.669. The van der Waals surface area contributed by atoms with Crippen LogP contribution in [-0.2, 0) is 37.0 Å². The molecule has 0 heterocycles. The van der Waals surface area contributed by atoms with Crippen molar-refractivity contribution in [3.63, 3.8) is 0 Å². The molecule has 1 unspecified atom stereocenters. The molecule has 37 heavy (non-hydrogen) atoms. The van der Waals surface area contributed by atoms with E-state index in [0.29, 0.717) is 26.1 Å². The van der Waals surface area contributed by atoms with Crippen molar-refractivity contribution < 1.29 is 28.6 Å². The van der Waals surface area contributed by atoms with Gasteiger partial charge in [0.1, 0.15) is 19.3 Å². The van der Waals surface area contributed by atoms with Gasteiger partial charge in [-0.15, -0.1) is 0 Å². The van der Waals surface area contributed by atoms with Crippen LogP contribution in [0.1, 0.15) is 56.6 Å². The smallest absolute Gasteiger partial charge is 0.408 e. The van der Waals surface area contributed by atoms with Gasteiger partial charge in [0, 0.05) is 33.2 Å². The second kappa shape index (κ2) is 17.9. The minimum Gasteiger partial charge on any atom is -0.461 e. The molecule has 0 bridgehead atoms. The number of benzene rings is 2. The van der Waals surface area contributed by atoms with E-state index in [4.69, 9.17) is 14.2 Å². The van der Waals surface area contributed by atoms with E-state index in [2.05, 4.69) is 12.2 Å². The van der Waals surface area contributed by atoms with Crippen LogP contribution >= 0.6 is 0 Å². The maximum Gasteiger partial charge on any atom is 0.408 e. The van der Waals surface area contributed by atoms with Gasteiger partial charge in [-0.3, -0.25) is 9.59 Å². The minimum atomic E-state index is -0.906. The summed E-state index contributed by atoms with van der Waals surface area (Å²) in [6, 6.07) is 17.8. The molecule has 1 atom stereocenters. The number of esters is 1. The van der Waals surface area contributed by atoms with Crippen LogP contribution in [0.5, 0.6) is 0 Å². The largest absolute Gasteiger partial charge is 0.461 e. The lowest BCUT2D eigenvalue weighted by Gasteiger charge is -2.28. The molecule has 2 aromatic carbocycles. The summed E-state index contributed by atoms with van der Waals surface area (Å²) in [7, 11) is 1.62. The molecule has 0 aliphatic carbocycles. The topological polar surface area (TPSA) is 94.2 Å². The highest BCUT2D eigenvalue weighted by atomic mass is 16.5. The van der Waals surface area contributed by atoms with Crippen molar-refractivity contribution in [1.82, 2.24) is 10.2 Å². The second-order valence-electron chi connectivity index (χ2n) is 8.82. The summed E-state index contributed by atoms with van der Waals surface area (Å²) in [5, 5.41) is 2.69. The average molecular weight is 513 g/mol. The predicted octanol–water partition coefficient (Wildman–Crippen LogP) is 4.86. The fraction of sp³-hybridized carbons (Fsp3) is 0.483. The van der Waals surface area contributed by atoms with Gasteiger partial charge in [0.05, 0.1) is 0 Å². The minimum absolute atomic E-state index is 0.0108. The lowest BCUT2D eigenvalue weighted by molar-refractivity contribution is -0.145. The third-order valence-electron chi connectivity index (χ3n) is 5.80. The molecule has 2 amide bonds. The summed E-state index contributed by atoms with van der Waals surface area (Å²) >= 11 is 0. The molecule has 0 saturated heterocycles. The van der Waals surface area contributed by atoms with Crippen LogP contribution in [0.3, 0.4) is 0 Å². The highest BCUT2D eigenvalue weighted by molar-refractivity contribution is 5.86. The van der Waals surface area contributed by atoms with E-state index in [9.17, 15) is 14.4 Å². The first kappa shape index (κ1) is 29.8. The molecule has 8 nitrogen and oxygen atoms in total. The molecule has 8 heteroatoms. The predicted molar refractivity (Wildman–Crippen MR) is 142 cm³/mol. The molecule has 0 aromatic heterocycles. The molecule has 0 aliphatic rings. The van der Waals surface area contributed by atoms with Crippen molar-refractivity contribution in [3.05, 3.63) is 71.8 Å². The number of carbonyl (C=O) groups excluding carboxylic acids is 3. The summed E-state index contributed by atoms with van der Waals surface area (Å²) < 4.78 is 15.9. The van der Waals surface area contributed by atoms with E-state index >= 15 is 0 Å². The Morgan fingerprint density at radius 2 is 1.43 bits per heavy atom. The van der Waals surface area contributed by atoms with Gasteiger partial charge >= 0.3 is 12.1 Å². The van der Waals surface area contributed by atoms with Crippen molar-refractivity contribution in [2.45, 2.75) is 64.7 Å². The second-order valence-corrected chi connectivity index (χ2v) is 8.82. The molecule has 0 radical (unpaired) electrons. The van der Waals surface area contributed by atoms with Crippen LogP contribution in [0.25, 0.3) is 0 Å². The van der Waals surface area contributed by atoms with Crippen LogP contribution in [-0.4, -0.2) is 55.7 Å². The van der Waals surface area contributed by atoms with Crippen LogP contribution in [0, 0.1) is 0 Å². The molecule has 202 valence electrons. The number of ether oxygens (including phenoxy) is 3. The van der Waals surface area contributed by atoms with E-state index in [1.807, 2.05) is 60.7 Å². The van der Waals surface area contributed by atoms with E-state index < -0.39 is 18.1 Å². The lowest BCUT2D eigenvalue weighted by Crippen LogP contribution is -2.49. The van der Waals surface area contributed by atoms with Crippen LogP contribution in [0.2, 0.25) is 0 Å². The molecule has 2 rings (SSSR count). The Labute approximate surface area is 220 Å². The summed E-state index contributed by atoms with van der Waals surface area (Å²) in [6.07, 6.45) is 2.96. The van der Waals surface area contributed by atoms with Gasteiger partial charge in [0.2, 0.25) is 5.91 Å². The molecule has 0 fully saturated rings. The number of hydrogen-bond acceptors (Lipinski definition) is 6. The fourth-order valence-electron chi connectivity index (χ4n) is 3.74. The molecule has 0 saturated carbocycles. The molecule has 1 N–H and O–H groups in total. The van der Waals surface area contributed by atoms with Gasteiger partial charge in [-0.2, -0.15) is 0 Å². The highest BCUT2D eigenvalue weighted by Gasteiger charge is 2.27. The number of nitrogens with one attached hydrogen (secondary N) is 1. The molecule has 0 aliphatic heterocycles. The fourth-order valence-corrected chi connectivity index (χ4v) is 3.74. The van der Waals surface area contributed by atoms with Gasteiger partial charge in [-0.05, 0) is 30.4 Å². The SMILES string of the molecule is CCCCCN(CCCOC)C(=O)C(CCC(=O)OCc1ccccc1)NC(=O)OCc1ccccc1. The normalized spacial score (nSPS) is 11.4. The van der Waals surface area contributed by atoms with Crippen LogP contribution in [0.15, 0.2) is 60.7 Å². The van der Waals surface area contributed by atoms with Crippen molar-refractivity contribution in [2.75, 3.05) is 26.8 Å². The van der Waals surface area contributed by atoms with Crippen molar-refractivity contribution in [3.8, 4) is 0 Å². The Balaban J connectivity index is 2.01. The molecular weight excluding hydrogens is 472 g/mol. The summed E-state index contributed by atoms with van der Waals surface area (Å²) in [6.45, 7) is 3.95. The van der Waals surface area contributed by atoms with Crippen molar-refractivity contribution in [1.29, 1.82) is 0 Å². The summed E-state index contributed by atoms with van der Waals surface area (Å²) in [5.41, 5.74) is 1.72. The first-order valence-corrected chi connectivity index (χ1v) is 13.0. The molecule has 0 spiro atoms. The standard InChI is InChI=1S/C29H40N2O6/c1-3-4-11-19-31(20-12-21-35-2)28(33)26(30-29(34)37-23-25-15-9-6-10-16-25)17-18-27(32)36-22-24-13-7-5-8-14-24/h5-10,13-16,26H,3-4,11-12,17-23H2,1-2H3,(H,30,34). The van der Waals surface area contributed by atoms with E-state index in [-0.39, 0.29) is 32.0 Å². The number of nitrogens with zero attached hydrogens (tertiary/aromatic N) is 1. The summed E-state index contributed by atoms with van der Waals surface area (Å²) in [4.78, 5) is 40.3. The van der Waals surface area contributed by atoms with Gasteiger partial charge in [-0.25, -0.2) is 4.79 Å². The number of hydrogen-bond donors (Lipinski definition) is 1. The van der Waals surface area contributed by atoms with Gasteiger partial charge in [0.15, 0.2) is 0 Å². The lowest BCUT2D eigenvalue weighted by atomic mass is 10.1. The average Bonchev–Trinajstić information content (AvgIpc) is 2.93. The van der Waals surface area contributed by atoms with Crippen molar-refractivity contribution >= 4 is 18.0 Å². The Morgan fingerprint density at radius 1 is 0.838 bits per heavy atom. The number of rotatable bonds is 17. The maximum absolute atomic E-state index is 13.5. The molecular formula is C29H40N2O6. The highest BCUT2D eigenvalue weighted by Crippen LogP contribution is 2.10. The first-order chi connectivity index (χ1) is 18.0. The first-order valence-electron chi connectivity index (χ1n) is 13.0. The number of alkyl carbamates (subject to hydrolysis) is 1. The van der Waals surface area contributed by atoms with E-state index in [1.165, 1.54) is 0 Å². The zero-order valence-corrected chi connectivity index (χ0v) is 22.0. The van der Waals surface area contributed by atoms with E-state index in [0.717, 1.165) is 30.4 Å². The maximum atomic E-state index is 13.5. The Hall–Kier alpha value is -3.39. The van der Waals surface area contributed by atoms with Crippen LogP contribution < -0.4 is 5.32 Å². The van der Waals surface area contributed by atoms with Gasteiger partial charge in [0.25, 0.3) is 0 Å². The number of methoxy groups -OCH3 is 1. The Kier molecular flexibility index (Phi) is 14.5. The third-order valence-corrected chi connectivity index (χ3v) is 5.80. The number of carbonyl (C=O) groups is 3. The number of amides is 2. The quantitative estimate of drug-likeness (QED) is 0.240. The Bertz CT molecular complexity index is 913. The van der Waals surface area contributed by atoms with Crippen LogP contribution in [0.4, 0.5) is 4.79 Å². The third kappa shape index (κ3) is 12.4. The van der Waals surface area contributed by atoms with Gasteiger partial charge in [-0.1, -0.05) is 80.4 Å². The van der Waals surface area contributed by atoms with Crippen molar-refractivity contribution in [2.24, 2.45) is 0 Å². The zero-order valence-electron chi connectivity index (χ0n) is 22.0. The zero-order chi connectivity index (χ0) is 26.7. The monoisotopic (exact) mass is 512 g/mol. The molecule has 2 aromatic rings. The Morgan fingerprint density at radius 3 is 2.03 bits per heavy atom.